The van der Waals surface area contributed by atoms with Gasteiger partial charge in [0.15, 0.2) is 0 Å². The van der Waals surface area contributed by atoms with Gasteiger partial charge in [-0.05, 0) is 146 Å². The van der Waals surface area contributed by atoms with E-state index in [9.17, 15) is 128 Å². The fourth-order valence-corrected chi connectivity index (χ4v) is 7.97. The molecule has 0 radical (unpaired) electrons. The van der Waals surface area contributed by atoms with E-state index in [4.69, 9.17) is 71.5 Å². The van der Waals surface area contributed by atoms with Crippen molar-refractivity contribution in [1.82, 2.24) is 0 Å². The largest absolute Gasteiger partial charge is 1.00 e. The molecule has 0 spiro atoms. The van der Waals surface area contributed by atoms with Crippen LogP contribution in [0.15, 0.2) is 291 Å². The zero-order chi connectivity index (χ0) is 97.3. The molecule has 140 heavy (non-hydrogen) atoms. The molecule has 0 saturated heterocycles. The van der Waals surface area contributed by atoms with Crippen molar-refractivity contribution >= 4 is 83.6 Å². The third-order valence-electron chi connectivity index (χ3n) is 14.0. The first kappa shape index (κ1) is 161. The fraction of sp³-hybridized carbons (Fsp3) is 0.0227. The molecule has 0 fully saturated rings. The standard InChI is InChI=1S/12C7H6O3.C4H6O4.12Na/c12*8-6-4-2-1-3-5(6)7(9)10;5-3(6)1-2-4(7)8;;;;;;;;;;;;/h12*1-4,8H,(H,9,10);1-2H2,(H,5,6)(H,7,8);;;;;;;;;;;;/q;;;;;;;;;;;;;12*+1/p-12. The molecule has 0 aliphatic rings. The second-order valence-corrected chi connectivity index (χ2v) is 22.9. The summed E-state index contributed by atoms with van der Waals surface area (Å²) >= 11 is 0. The van der Waals surface area contributed by atoms with Gasteiger partial charge < -0.3 is 190 Å². The Morgan fingerprint density at radius 3 is 0.229 bits per heavy atom. The van der Waals surface area contributed by atoms with Gasteiger partial charge in [-0.15, -0.1) is 0 Å². The number of carboxylic acid groups (broad SMARTS) is 14. The van der Waals surface area contributed by atoms with Crippen LogP contribution in [0.4, 0.5) is 0 Å². The average molecular weight is 2040 g/mol. The third-order valence-corrected chi connectivity index (χ3v) is 14.0. The van der Waals surface area contributed by atoms with Crippen LogP contribution in [0.2, 0.25) is 0 Å². The Labute approximate surface area is 1060 Å². The molecule has 670 valence electrons. The van der Waals surface area contributed by atoms with Gasteiger partial charge in [-0.25, -0.2) is 0 Å². The SMILES string of the molecule is O=C(O)CCC(=O)O.O=C([O-])c1ccccc1O.O=C([O-])c1ccccc1O.O=C([O-])c1ccccc1O.O=C([O-])c1ccccc1O.O=C([O-])c1ccccc1O.O=C([O-])c1ccccc1O.O=C([O-])c1ccccc1O.O=C([O-])c1ccccc1O.O=C([O-])c1ccccc1O.O=C([O-])c1ccccc1O.O=C([O-])c1ccccc1O.O=C([O-])c1ccccc1O.[Na+].[Na+].[Na+].[Na+].[Na+].[Na+].[Na+].[Na+].[Na+].[Na+].[Na+].[Na+]. The maximum atomic E-state index is 10.2. The Kier molecular flexibility index (Phi) is 105. The number of aromatic hydroxyl groups is 12. The summed E-state index contributed by atoms with van der Waals surface area (Å²) in [6, 6.07) is 67.7. The van der Waals surface area contributed by atoms with Crippen molar-refractivity contribution in [3.8, 4) is 69.0 Å². The number of hydrogen-bond acceptors (Lipinski definition) is 38. The molecule has 12 rings (SSSR count). The Bertz CT molecular complexity index is 4570. The Hall–Kier alpha value is -7.18. The van der Waals surface area contributed by atoms with Crippen molar-refractivity contribution in [2.75, 3.05) is 0 Å². The summed E-state index contributed by atoms with van der Waals surface area (Å²) in [4.78, 5) is 141. The molecule has 52 heteroatoms. The number of hydrogen-bond donors (Lipinski definition) is 14. The normalized spacial score (nSPS) is 8.37. The number of para-hydroxylation sites is 12. The van der Waals surface area contributed by atoms with Crippen molar-refractivity contribution in [2.24, 2.45) is 0 Å². The van der Waals surface area contributed by atoms with Crippen LogP contribution in [0, 0.1) is 0 Å². The number of carbonyl (C=O) groups is 14. The number of rotatable bonds is 15. The summed E-state index contributed by atoms with van der Waals surface area (Å²) in [7, 11) is 0. The van der Waals surface area contributed by atoms with Gasteiger partial charge in [-0.1, -0.05) is 146 Å². The van der Waals surface area contributed by atoms with Crippen LogP contribution in [-0.2, 0) is 9.59 Å². The smallest absolute Gasteiger partial charge is 0.545 e. The molecule has 40 nitrogen and oxygen atoms in total. The molecule has 0 aliphatic heterocycles. The molecule has 0 aromatic heterocycles. The minimum Gasteiger partial charge on any atom is -0.545 e. The van der Waals surface area contributed by atoms with Gasteiger partial charge in [0.2, 0.25) is 0 Å². The summed E-state index contributed by atoms with van der Waals surface area (Å²) < 4.78 is 0. The van der Waals surface area contributed by atoms with E-state index in [1.54, 1.807) is 72.8 Å². The van der Waals surface area contributed by atoms with Crippen molar-refractivity contribution in [3.05, 3.63) is 358 Å². The zero-order valence-electron chi connectivity index (χ0n) is 77.0. The first-order valence-corrected chi connectivity index (χ1v) is 34.6. The Morgan fingerprint density at radius 1 is 0.136 bits per heavy atom. The molecule has 0 bridgehead atoms. The van der Waals surface area contributed by atoms with Crippen LogP contribution in [-0.4, -0.2) is 155 Å². The number of aliphatic carboxylic acids is 2. The Morgan fingerprint density at radius 2 is 0.193 bits per heavy atom. The van der Waals surface area contributed by atoms with Crippen molar-refractivity contribution in [3.63, 3.8) is 0 Å². The van der Waals surface area contributed by atoms with E-state index in [1.165, 1.54) is 218 Å². The number of carboxylic acids is 14. The quantitative estimate of drug-likeness (QED) is 0.0424. The van der Waals surface area contributed by atoms with E-state index in [2.05, 4.69) is 0 Å². The van der Waals surface area contributed by atoms with Crippen molar-refractivity contribution in [1.29, 1.82) is 0 Å². The number of carbonyl (C=O) groups excluding carboxylic acids is 12. The molecule has 0 amide bonds. The maximum Gasteiger partial charge on any atom is 1.00 e. The van der Waals surface area contributed by atoms with E-state index in [0.717, 1.165) is 0 Å². The van der Waals surface area contributed by atoms with E-state index >= 15 is 0 Å². The second kappa shape index (κ2) is 91.7. The van der Waals surface area contributed by atoms with Crippen molar-refractivity contribution < 1.29 is 555 Å². The minimum atomic E-state index is -1.36. The predicted molar refractivity (Wildman–Crippen MR) is 414 cm³/mol. The molecule has 14 N–H and O–H groups in total. The molecule has 12 aromatic carbocycles. The molecule has 0 atom stereocenters. The van der Waals surface area contributed by atoms with Gasteiger partial charge >= 0.3 is 367 Å². The zero-order valence-corrected chi connectivity index (χ0v) is 101. The van der Waals surface area contributed by atoms with Crippen LogP contribution in [0.3, 0.4) is 0 Å². The number of aromatic carboxylic acids is 12. The van der Waals surface area contributed by atoms with E-state index in [-0.39, 0.29) is 503 Å². The van der Waals surface area contributed by atoms with Crippen LogP contribution in [0.5, 0.6) is 69.0 Å². The minimum absolute atomic E-state index is 0. The average Bonchev–Trinajstić information content (AvgIpc) is 0.981. The molecule has 12 aromatic rings. The van der Waals surface area contributed by atoms with Gasteiger partial charge in [-0.3, -0.25) is 9.59 Å². The van der Waals surface area contributed by atoms with Crippen LogP contribution in [0.1, 0.15) is 137 Å². The van der Waals surface area contributed by atoms with Gasteiger partial charge in [0.1, 0.15) is 69.0 Å². The number of benzene rings is 12. The van der Waals surface area contributed by atoms with Gasteiger partial charge in [-0.2, -0.15) is 0 Å². The fourth-order valence-electron chi connectivity index (χ4n) is 7.97. The van der Waals surface area contributed by atoms with Crippen molar-refractivity contribution in [2.45, 2.75) is 12.8 Å². The van der Waals surface area contributed by atoms with E-state index < -0.39 is 83.6 Å². The second-order valence-electron chi connectivity index (χ2n) is 22.9. The molecular formula is C88H66Na12O40. The van der Waals surface area contributed by atoms with Gasteiger partial charge in [0, 0.05) is 66.8 Å². The summed E-state index contributed by atoms with van der Waals surface area (Å²) in [6.45, 7) is 0. The molecule has 0 unspecified atom stereocenters. The molecule has 0 saturated carbocycles. The summed E-state index contributed by atoms with van der Waals surface area (Å²) in [6.07, 6.45) is -0.593. The third kappa shape index (κ3) is 69.7. The molecule has 0 aliphatic carbocycles. The van der Waals surface area contributed by atoms with Gasteiger partial charge in [0.05, 0.1) is 84.5 Å². The maximum absolute atomic E-state index is 10.2. The van der Waals surface area contributed by atoms with Crippen LogP contribution in [0.25, 0.3) is 0 Å². The first-order valence-electron chi connectivity index (χ1n) is 34.6. The van der Waals surface area contributed by atoms with Gasteiger partial charge in [0.25, 0.3) is 0 Å². The Balaban J connectivity index is -0.000000113. The van der Waals surface area contributed by atoms with E-state index in [0.29, 0.717) is 0 Å². The van der Waals surface area contributed by atoms with Crippen LogP contribution >= 0.6 is 0 Å². The summed E-state index contributed by atoms with van der Waals surface area (Å²) in [5.74, 6) is -21.6. The topological polar surface area (TPSA) is 799 Å². The molecule has 0 heterocycles. The molecular weight excluding hydrogens is 1970 g/mol. The predicted octanol–water partition coefficient (Wildman–Crippen LogP) is -38.9. The number of phenols is 12. The summed E-state index contributed by atoms with van der Waals surface area (Å²) in [5.41, 5.74) is -2.14. The monoisotopic (exact) mass is 2040 g/mol. The first-order chi connectivity index (χ1) is 60.2. The van der Waals surface area contributed by atoms with E-state index in [1.807, 2.05) is 0 Å². The summed E-state index contributed by atoms with van der Waals surface area (Å²) in [5, 5.41) is 244. The van der Waals surface area contributed by atoms with Crippen LogP contribution < -0.4 is 416 Å².